The number of hydrogen-bond acceptors (Lipinski definition) is 1. The first-order chi connectivity index (χ1) is 10.6. The SMILES string of the molecule is CC(=O)N(c1ccccc1)c1c(Cl)cc(Cl)c2ccccc12. The van der Waals surface area contributed by atoms with Crippen LogP contribution in [0.25, 0.3) is 10.8 Å². The standard InChI is InChI=1S/C18H13Cl2NO/c1-12(22)21(13-7-3-2-4-8-13)18-15-10-6-5-9-14(15)16(19)11-17(18)20/h2-11H,1H3. The number of carbonyl (C=O) groups excluding carboxylic acids is 1. The van der Waals surface area contributed by atoms with E-state index in [0.29, 0.717) is 15.7 Å². The molecule has 0 aliphatic rings. The Labute approximate surface area is 138 Å². The van der Waals surface area contributed by atoms with E-state index in [1.165, 1.54) is 6.92 Å². The van der Waals surface area contributed by atoms with Gasteiger partial charge in [0.1, 0.15) is 0 Å². The van der Waals surface area contributed by atoms with Crippen molar-refractivity contribution in [3.05, 3.63) is 70.7 Å². The molecule has 0 heterocycles. The van der Waals surface area contributed by atoms with Crippen LogP contribution in [0.2, 0.25) is 10.0 Å². The minimum absolute atomic E-state index is 0.111. The molecule has 0 atom stereocenters. The van der Waals surface area contributed by atoms with Gasteiger partial charge in [-0.1, -0.05) is 65.7 Å². The highest BCUT2D eigenvalue weighted by atomic mass is 35.5. The second-order valence-corrected chi connectivity index (χ2v) is 5.74. The molecule has 2 nitrogen and oxygen atoms in total. The molecule has 0 spiro atoms. The zero-order chi connectivity index (χ0) is 15.7. The lowest BCUT2D eigenvalue weighted by atomic mass is 10.1. The fraction of sp³-hybridized carbons (Fsp3) is 0.0556. The Balaban J connectivity index is 2.34. The van der Waals surface area contributed by atoms with Crippen molar-refractivity contribution < 1.29 is 4.79 Å². The van der Waals surface area contributed by atoms with Gasteiger partial charge >= 0.3 is 0 Å². The molecule has 0 unspecified atom stereocenters. The van der Waals surface area contributed by atoms with Crippen LogP contribution in [0.1, 0.15) is 6.92 Å². The van der Waals surface area contributed by atoms with Crippen molar-refractivity contribution in [2.45, 2.75) is 6.92 Å². The fourth-order valence-corrected chi connectivity index (χ4v) is 3.18. The molecule has 3 aromatic carbocycles. The van der Waals surface area contributed by atoms with Gasteiger partial charge in [0.05, 0.1) is 15.7 Å². The molecule has 0 bridgehead atoms. The van der Waals surface area contributed by atoms with Crippen LogP contribution >= 0.6 is 23.2 Å². The third-order valence-corrected chi connectivity index (χ3v) is 4.07. The van der Waals surface area contributed by atoms with Crippen LogP contribution in [0.5, 0.6) is 0 Å². The van der Waals surface area contributed by atoms with E-state index in [2.05, 4.69) is 0 Å². The van der Waals surface area contributed by atoms with Gasteiger partial charge in [0.15, 0.2) is 0 Å². The predicted molar refractivity (Wildman–Crippen MR) is 93.2 cm³/mol. The van der Waals surface area contributed by atoms with Crippen molar-refractivity contribution in [1.82, 2.24) is 0 Å². The Hall–Kier alpha value is -2.03. The molecule has 0 fully saturated rings. The van der Waals surface area contributed by atoms with Crippen LogP contribution in [-0.4, -0.2) is 5.91 Å². The normalized spacial score (nSPS) is 10.7. The van der Waals surface area contributed by atoms with E-state index in [4.69, 9.17) is 23.2 Å². The molecule has 22 heavy (non-hydrogen) atoms. The predicted octanol–water partition coefficient (Wildman–Crippen LogP) is 5.83. The first kappa shape index (κ1) is 14.9. The number of carbonyl (C=O) groups is 1. The van der Waals surface area contributed by atoms with E-state index >= 15 is 0 Å². The summed E-state index contributed by atoms with van der Waals surface area (Å²) in [6, 6.07) is 18.8. The zero-order valence-corrected chi connectivity index (χ0v) is 13.4. The minimum atomic E-state index is -0.111. The first-order valence-corrected chi connectivity index (χ1v) is 7.57. The van der Waals surface area contributed by atoms with Crippen LogP contribution in [0.15, 0.2) is 60.7 Å². The fourth-order valence-electron chi connectivity index (χ4n) is 2.56. The van der Waals surface area contributed by atoms with Crippen LogP contribution in [-0.2, 0) is 4.79 Å². The average Bonchev–Trinajstić information content (AvgIpc) is 2.52. The molecule has 3 rings (SSSR count). The molecule has 0 saturated carbocycles. The maximum absolute atomic E-state index is 12.3. The molecule has 0 N–H and O–H groups in total. The number of halogens is 2. The van der Waals surface area contributed by atoms with Crippen molar-refractivity contribution in [3.8, 4) is 0 Å². The molecule has 0 radical (unpaired) electrons. The van der Waals surface area contributed by atoms with Gasteiger partial charge in [-0.15, -0.1) is 0 Å². The molecular weight excluding hydrogens is 317 g/mol. The maximum atomic E-state index is 12.3. The summed E-state index contributed by atoms with van der Waals surface area (Å²) >= 11 is 12.7. The Kier molecular flexibility index (Phi) is 4.06. The van der Waals surface area contributed by atoms with Gasteiger partial charge in [-0.25, -0.2) is 0 Å². The summed E-state index contributed by atoms with van der Waals surface area (Å²) in [4.78, 5) is 13.9. The lowest BCUT2D eigenvalue weighted by molar-refractivity contribution is -0.115. The van der Waals surface area contributed by atoms with E-state index in [1.54, 1.807) is 11.0 Å². The summed E-state index contributed by atoms with van der Waals surface area (Å²) in [5, 5.41) is 2.73. The number of fused-ring (bicyclic) bond motifs is 1. The highest BCUT2D eigenvalue weighted by Gasteiger charge is 2.20. The number of para-hydroxylation sites is 1. The summed E-state index contributed by atoms with van der Waals surface area (Å²) in [6.45, 7) is 1.52. The summed E-state index contributed by atoms with van der Waals surface area (Å²) in [5.41, 5.74) is 1.42. The summed E-state index contributed by atoms with van der Waals surface area (Å²) in [6.07, 6.45) is 0. The molecule has 1 amide bonds. The lowest BCUT2D eigenvalue weighted by Crippen LogP contribution is -2.23. The monoisotopic (exact) mass is 329 g/mol. The Morgan fingerprint density at radius 2 is 1.45 bits per heavy atom. The quantitative estimate of drug-likeness (QED) is 0.579. The Morgan fingerprint density at radius 3 is 2.09 bits per heavy atom. The van der Waals surface area contributed by atoms with Crippen molar-refractivity contribution in [1.29, 1.82) is 0 Å². The number of hydrogen-bond donors (Lipinski definition) is 0. The van der Waals surface area contributed by atoms with Gasteiger partial charge in [0.2, 0.25) is 5.91 Å². The topological polar surface area (TPSA) is 20.3 Å². The third kappa shape index (κ3) is 2.56. The van der Waals surface area contributed by atoms with Gasteiger partial charge in [-0.3, -0.25) is 9.69 Å². The number of benzene rings is 3. The Bertz CT molecular complexity index is 846. The van der Waals surface area contributed by atoms with Crippen molar-refractivity contribution in [2.24, 2.45) is 0 Å². The molecular formula is C18H13Cl2NO. The van der Waals surface area contributed by atoms with Gasteiger partial charge < -0.3 is 0 Å². The van der Waals surface area contributed by atoms with Crippen molar-refractivity contribution in [2.75, 3.05) is 4.90 Å². The lowest BCUT2D eigenvalue weighted by Gasteiger charge is -2.24. The number of amides is 1. The number of rotatable bonds is 2. The zero-order valence-electron chi connectivity index (χ0n) is 11.9. The van der Waals surface area contributed by atoms with Crippen molar-refractivity contribution in [3.63, 3.8) is 0 Å². The van der Waals surface area contributed by atoms with E-state index in [0.717, 1.165) is 16.5 Å². The molecule has 110 valence electrons. The highest BCUT2D eigenvalue weighted by Crippen LogP contribution is 2.41. The van der Waals surface area contributed by atoms with Gasteiger partial charge in [-0.05, 0) is 18.2 Å². The minimum Gasteiger partial charge on any atom is -0.279 e. The number of nitrogens with zero attached hydrogens (tertiary/aromatic N) is 1. The molecule has 0 aliphatic heterocycles. The van der Waals surface area contributed by atoms with E-state index < -0.39 is 0 Å². The van der Waals surface area contributed by atoms with E-state index in [9.17, 15) is 4.79 Å². The molecule has 0 aliphatic carbocycles. The average molecular weight is 330 g/mol. The summed E-state index contributed by atoms with van der Waals surface area (Å²) in [5.74, 6) is -0.111. The Morgan fingerprint density at radius 1 is 0.864 bits per heavy atom. The van der Waals surface area contributed by atoms with E-state index in [-0.39, 0.29) is 5.91 Å². The molecule has 3 aromatic rings. The maximum Gasteiger partial charge on any atom is 0.228 e. The smallest absolute Gasteiger partial charge is 0.228 e. The van der Waals surface area contributed by atoms with Crippen molar-refractivity contribution >= 4 is 51.3 Å². The van der Waals surface area contributed by atoms with Crippen LogP contribution in [0.3, 0.4) is 0 Å². The molecule has 0 saturated heterocycles. The second kappa shape index (κ2) is 5.99. The van der Waals surface area contributed by atoms with E-state index in [1.807, 2.05) is 54.6 Å². The van der Waals surface area contributed by atoms with Gasteiger partial charge in [0, 0.05) is 23.4 Å². The first-order valence-electron chi connectivity index (χ1n) is 6.82. The second-order valence-electron chi connectivity index (χ2n) is 4.92. The van der Waals surface area contributed by atoms with Gasteiger partial charge in [0.25, 0.3) is 0 Å². The van der Waals surface area contributed by atoms with Gasteiger partial charge in [-0.2, -0.15) is 0 Å². The van der Waals surface area contributed by atoms with Crippen LogP contribution in [0, 0.1) is 0 Å². The highest BCUT2D eigenvalue weighted by molar-refractivity contribution is 6.41. The third-order valence-electron chi connectivity index (χ3n) is 3.47. The largest absolute Gasteiger partial charge is 0.279 e. The van der Waals surface area contributed by atoms with Crippen LogP contribution in [0.4, 0.5) is 11.4 Å². The molecule has 4 heteroatoms. The molecule has 0 aromatic heterocycles. The summed E-state index contributed by atoms with van der Waals surface area (Å²) in [7, 11) is 0. The number of anilines is 2. The van der Waals surface area contributed by atoms with Crippen LogP contribution < -0.4 is 4.90 Å². The summed E-state index contributed by atoms with van der Waals surface area (Å²) < 4.78 is 0.